The van der Waals surface area contributed by atoms with Crippen molar-refractivity contribution in [2.75, 3.05) is 18.4 Å². The number of aryl methyl sites for hydroxylation is 1. The Morgan fingerprint density at radius 2 is 2.17 bits per heavy atom. The van der Waals surface area contributed by atoms with Crippen LogP contribution in [0.15, 0.2) is 41.0 Å². The molecule has 6 nitrogen and oxygen atoms in total. The number of nitrogens with zero attached hydrogens (tertiary/aromatic N) is 2. The monoisotopic (exact) mass is 325 g/mol. The van der Waals surface area contributed by atoms with Gasteiger partial charge in [-0.15, -0.1) is 0 Å². The summed E-state index contributed by atoms with van der Waals surface area (Å²) in [5.41, 5.74) is 2.71. The zero-order chi connectivity index (χ0) is 16.5. The summed E-state index contributed by atoms with van der Waals surface area (Å²) in [6.07, 6.45) is 4.11. The normalized spacial score (nSPS) is 15.2. The number of hydrogen-bond donors (Lipinski definition) is 2. The molecule has 0 radical (unpaired) electrons. The van der Waals surface area contributed by atoms with Crippen molar-refractivity contribution in [1.29, 1.82) is 0 Å². The Hall–Kier alpha value is -2.60. The summed E-state index contributed by atoms with van der Waals surface area (Å²) in [5.74, 6) is 1.14. The predicted molar refractivity (Wildman–Crippen MR) is 91.0 cm³/mol. The molecule has 1 saturated heterocycles. The first-order valence-electron chi connectivity index (χ1n) is 8.34. The molecule has 1 aromatic carbocycles. The second kappa shape index (κ2) is 6.13. The highest BCUT2D eigenvalue weighted by atomic mass is 16.3. The lowest BCUT2D eigenvalue weighted by Crippen LogP contribution is -3.08. The maximum Gasteiger partial charge on any atom is 0.291 e. The van der Waals surface area contributed by atoms with Crippen molar-refractivity contribution in [3.05, 3.63) is 48.2 Å². The fraction of sp³-hybridized carbons (Fsp3) is 0.333. The number of amides is 1. The molecule has 1 fully saturated rings. The Morgan fingerprint density at radius 1 is 1.33 bits per heavy atom. The molecular formula is C18H21N4O2+. The fourth-order valence-corrected chi connectivity index (χ4v) is 3.36. The number of anilines is 1. The maximum absolute atomic E-state index is 12.1. The standard InChI is InChI=1S/C18H20N4O2/c1-21-15-7-6-13(19-18(23)16-5-4-10-24-16)11-14(15)20-17(21)12-22-8-2-3-9-22/h4-7,10-11H,2-3,8-9,12H2,1H3,(H,19,23)/p+1. The van der Waals surface area contributed by atoms with Gasteiger partial charge >= 0.3 is 0 Å². The lowest BCUT2D eigenvalue weighted by molar-refractivity contribution is -0.902. The number of carbonyl (C=O) groups is 1. The van der Waals surface area contributed by atoms with E-state index < -0.39 is 0 Å². The molecule has 1 amide bonds. The summed E-state index contributed by atoms with van der Waals surface area (Å²) >= 11 is 0. The van der Waals surface area contributed by atoms with Crippen LogP contribution in [-0.4, -0.2) is 28.5 Å². The number of aromatic nitrogens is 2. The zero-order valence-corrected chi connectivity index (χ0v) is 13.7. The molecule has 124 valence electrons. The molecule has 24 heavy (non-hydrogen) atoms. The summed E-state index contributed by atoms with van der Waals surface area (Å²) in [6.45, 7) is 3.42. The van der Waals surface area contributed by atoms with Crippen LogP contribution in [0.4, 0.5) is 5.69 Å². The van der Waals surface area contributed by atoms with E-state index in [1.165, 1.54) is 32.2 Å². The number of likely N-dealkylation sites (tertiary alicyclic amines) is 1. The van der Waals surface area contributed by atoms with Crippen molar-refractivity contribution in [3.8, 4) is 0 Å². The van der Waals surface area contributed by atoms with Crippen LogP contribution < -0.4 is 10.2 Å². The van der Waals surface area contributed by atoms with Crippen LogP contribution in [0.3, 0.4) is 0 Å². The molecule has 0 bridgehead atoms. The van der Waals surface area contributed by atoms with Crippen molar-refractivity contribution in [2.24, 2.45) is 7.05 Å². The minimum Gasteiger partial charge on any atom is -0.459 e. The van der Waals surface area contributed by atoms with Crippen molar-refractivity contribution < 1.29 is 14.1 Å². The molecule has 1 aliphatic heterocycles. The number of imidazole rings is 1. The molecule has 0 atom stereocenters. The van der Waals surface area contributed by atoms with E-state index in [-0.39, 0.29) is 5.91 Å². The molecular weight excluding hydrogens is 304 g/mol. The van der Waals surface area contributed by atoms with E-state index in [1.807, 2.05) is 18.2 Å². The Kier molecular flexibility index (Phi) is 3.82. The SMILES string of the molecule is Cn1c(C[NH+]2CCCC2)nc2cc(NC(=O)c3ccco3)ccc21. The average Bonchev–Trinajstić information content (AvgIpc) is 3.31. The smallest absolute Gasteiger partial charge is 0.291 e. The van der Waals surface area contributed by atoms with Gasteiger partial charge in [-0.1, -0.05) is 0 Å². The van der Waals surface area contributed by atoms with E-state index in [0.29, 0.717) is 5.76 Å². The maximum atomic E-state index is 12.1. The van der Waals surface area contributed by atoms with E-state index in [4.69, 9.17) is 9.40 Å². The van der Waals surface area contributed by atoms with Gasteiger partial charge in [-0.25, -0.2) is 4.98 Å². The highest BCUT2D eigenvalue weighted by Crippen LogP contribution is 2.20. The van der Waals surface area contributed by atoms with E-state index in [0.717, 1.165) is 29.1 Å². The van der Waals surface area contributed by atoms with Crippen LogP contribution in [0.5, 0.6) is 0 Å². The van der Waals surface area contributed by atoms with E-state index >= 15 is 0 Å². The van der Waals surface area contributed by atoms with Crippen LogP contribution in [-0.2, 0) is 13.6 Å². The average molecular weight is 325 g/mol. The summed E-state index contributed by atoms with van der Waals surface area (Å²) < 4.78 is 7.27. The molecule has 2 aromatic heterocycles. The van der Waals surface area contributed by atoms with Gasteiger partial charge in [0, 0.05) is 25.6 Å². The van der Waals surface area contributed by atoms with Gasteiger partial charge in [0.1, 0.15) is 6.54 Å². The number of benzene rings is 1. The summed E-state index contributed by atoms with van der Waals surface area (Å²) in [7, 11) is 2.06. The predicted octanol–water partition coefficient (Wildman–Crippen LogP) is 1.60. The molecule has 0 saturated carbocycles. The molecule has 1 aliphatic rings. The topological polar surface area (TPSA) is 64.5 Å². The van der Waals surface area contributed by atoms with Gasteiger partial charge in [0.15, 0.2) is 11.6 Å². The van der Waals surface area contributed by atoms with Crippen LogP contribution in [0.1, 0.15) is 29.2 Å². The second-order valence-corrected chi connectivity index (χ2v) is 6.36. The summed E-state index contributed by atoms with van der Waals surface area (Å²) in [4.78, 5) is 18.5. The van der Waals surface area contributed by atoms with Crippen LogP contribution >= 0.6 is 0 Å². The highest BCUT2D eigenvalue weighted by molar-refractivity contribution is 6.03. The molecule has 2 N–H and O–H groups in total. The third-order valence-electron chi connectivity index (χ3n) is 4.70. The number of carbonyl (C=O) groups excluding carboxylic acids is 1. The van der Waals surface area contributed by atoms with Gasteiger partial charge in [-0.3, -0.25) is 4.79 Å². The largest absolute Gasteiger partial charge is 0.459 e. The third kappa shape index (κ3) is 2.80. The van der Waals surface area contributed by atoms with Gasteiger partial charge in [0.25, 0.3) is 5.91 Å². The first-order chi connectivity index (χ1) is 11.7. The Morgan fingerprint density at radius 3 is 2.92 bits per heavy atom. The summed E-state index contributed by atoms with van der Waals surface area (Å²) in [6, 6.07) is 9.16. The van der Waals surface area contributed by atoms with Crippen molar-refractivity contribution in [2.45, 2.75) is 19.4 Å². The quantitative estimate of drug-likeness (QED) is 0.766. The fourth-order valence-electron chi connectivity index (χ4n) is 3.36. The Bertz CT molecular complexity index is 861. The molecule has 0 aliphatic carbocycles. The van der Waals surface area contributed by atoms with Gasteiger partial charge in [-0.05, 0) is 30.3 Å². The molecule has 3 aromatic rings. The minimum absolute atomic E-state index is 0.253. The molecule has 4 rings (SSSR count). The van der Waals surface area contributed by atoms with Crippen LogP contribution in [0, 0.1) is 0 Å². The number of furan rings is 1. The van der Waals surface area contributed by atoms with Gasteiger partial charge in [-0.2, -0.15) is 0 Å². The number of fused-ring (bicyclic) bond motifs is 1. The Labute approximate surface area is 140 Å². The number of nitrogens with one attached hydrogen (secondary N) is 2. The first-order valence-corrected chi connectivity index (χ1v) is 8.34. The molecule has 3 heterocycles. The van der Waals surface area contributed by atoms with Crippen molar-refractivity contribution >= 4 is 22.6 Å². The van der Waals surface area contributed by atoms with Crippen LogP contribution in [0.25, 0.3) is 11.0 Å². The molecule has 0 spiro atoms. The number of quaternary nitrogens is 1. The minimum atomic E-state index is -0.253. The lowest BCUT2D eigenvalue weighted by Gasteiger charge is -2.11. The molecule has 6 heteroatoms. The van der Waals surface area contributed by atoms with Gasteiger partial charge in [0.05, 0.1) is 30.4 Å². The van der Waals surface area contributed by atoms with Crippen molar-refractivity contribution in [3.63, 3.8) is 0 Å². The Balaban J connectivity index is 1.57. The van der Waals surface area contributed by atoms with E-state index in [2.05, 4.69) is 16.9 Å². The molecule has 0 unspecified atom stereocenters. The van der Waals surface area contributed by atoms with Crippen LogP contribution in [0.2, 0.25) is 0 Å². The van der Waals surface area contributed by atoms with Gasteiger partial charge < -0.3 is 19.2 Å². The van der Waals surface area contributed by atoms with Crippen molar-refractivity contribution in [1.82, 2.24) is 9.55 Å². The third-order valence-corrected chi connectivity index (χ3v) is 4.70. The first kappa shape index (κ1) is 15.0. The number of rotatable bonds is 4. The summed E-state index contributed by atoms with van der Waals surface area (Å²) in [5, 5.41) is 2.85. The second-order valence-electron chi connectivity index (χ2n) is 6.36. The highest BCUT2D eigenvalue weighted by Gasteiger charge is 2.19. The lowest BCUT2D eigenvalue weighted by atomic mass is 10.2. The van der Waals surface area contributed by atoms with Gasteiger partial charge in [0.2, 0.25) is 0 Å². The zero-order valence-electron chi connectivity index (χ0n) is 13.7. The number of hydrogen-bond acceptors (Lipinski definition) is 3. The van der Waals surface area contributed by atoms with E-state index in [1.54, 1.807) is 17.0 Å². The van der Waals surface area contributed by atoms with E-state index in [9.17, 15) is 4.79 Å².